The number of nitrogens with zero attached hydrogens (tertiary/aromatic N) is 2. The Hall–Kier alpha value is -3.91. The maximum absolute atomic E-state index is 13.7. The first-order chi connectivity index (χ1) is 16.9. The van der Waals surface area contributed by atoms with Crippen molar-refractivity contribution in [3.63, 3.8) is 0 Å². The Balaban J connectivity index is 1.76. The van der Waals surface area contributed by atoms with E-state index in [9.17, 15) is 9.59 Å². The van der Waals surface area contributed by atoms with Crippen molar-refractivity contribution in [3.8, 4) is 11.5 Å². The zero-order valence-corrected chi connectivity index (χ0v) is 20.7. The molecular formula is C27H21BrN2O5. The molecule has 1 atom stereocenters. The summed E-state index contributed by atoms with van der Waals surface area (Å²) in [4.78, 5) is 33.4. The minimum absolute atomic E-state index is 0.00291. The summed E-state index contributed by atoms with van der Waals surface area (Å²) in [6, 6.07) is 13.3. The normalized spacial score (nSPS) is 14.8. The topological polar surface area (TPSA) is 81.9 Å². The molecule has 0 spiro atoms. The molecule has 0 saturated heterocycles. The average Bonchev–Trinajstić information content (AvgIpc) is 3.16. The van der Waals surface area contributed by atoms with Crippen molar-refractivity contribution in [2.75, 3.05) is 18.6 Å². The third kappa shape index (κ3) is 3.89. The Labute approximate surface area is 209 Å². The van der Waals surface area contributed by atoms with E-state index in [1.165, 1.54) is 12.0 Å². The maximum Gasteiger partial charge on any atom is 0.296 e. The Bertz CT molecular complexity index is 1530. The van der Waals surface area contributed by atoms with E-state index >= 15 is 0 Å². The molecule has 5 rings (SSSR count). The number of methoxy groups -OCH3 is 1. The van der Waals surface area contributed by atoms with Gasteiger partial charge in [0, 0.05) is 10.7 Å². The molecule has 3 heterocycles. The summed E-state index contributed by atoms with van der Waals surface area (Å²) in [6.07, 6.45) is 3.32. The number of carbonyl (C=O) groups is 1. The van der Waals surface area contributed by atoms with Gasteiger partial charge in [0.05, 0.1) is 24.1 Å². The number of ether oxygens (including phenoxy) is 2. The number of pyridine rings is 1. The summed E-state index contributed by atoms with van der Waals surface area (Å²) in [5.74, 6) is 0.968. The molecule has 1 aliphatic rings. The van der Waals surface area contributed by atoms with Crippen LogP contribution in [0.15, 0.2) is 81.1 Å². The highest BCUT2D eigenvalue weighted by atomic mass is 79.9. The van der Waals surface area contributed by atoms with Gasteiger partial charge in [0.25, 0.3) is 5.91 Å². The van der Waals surface area contributed by atoms with E-state index < -0.39 is 11.9 Å². The second kappa shape index (κ2) is 9.03. The Morgan fingerprint density at radius 3 is 2.69 bits per heavy atom. The van der Waals surface area contributed by atoms with Gasteiger partial charge in [-0.25, -0.2) is 4.98 Å². The lowest BCUT2D eigenvalue weighted by Gasteiger charge is -2.25. The quantitative estimate of drug-likeness (QED) is 0.301. The molecule has 8 heteroatoms. The van der Waals surface area contributed by atoms with Crippen LogP contribution in [0.25, 0.3) is 11.0 Å². The number of aryl methyl sites for hydroxylation is 1. The highest BCUT2D eigenvalue weighted by Gasteiger charge is 2.44. The largest absolute Gasteiger partial charge is 0.493 e. The van der Waals surface area contributed by atoms with Gasteiger partial charge in [-0.05, 0) is 54.4 Å². The number of hydrogen-bond acceptors (Lipinski definition) is 6. The first-order valence-corrected chi connectivity index (χ1v) is 11.7. The molecular weight excluding hydrogens is 512 g/mol. The van der Waals surface area contributed by atoms with Gasteiger partial charge in [-0.3, -0.25) is 14.5 Å². The number of fused-ring (bicyclic) bond motifs is 2. The first kappa shape index (κ1) is 22.9. The molecule has 1 amide bonds. The highest BCUT2D eigenvalue weighted by molar-refractivity contribution is 9.10. The molecule has 7 nitrogen and oxygen atoms in total. The fourth-order valence-electron chi connectivity index (χ4n) is 4.22. The molecule has 35 heavy (non-hydrogen) atoms. The number of anilines is 1. The molecule has 0 fully saturated rings. The number of benzene rings is 2. The molecule has 4 aromatic rings. The molecule has 1 unspecified atom stereocenters. The predicted molar refractivity (Wildman–Crippen MR) is 136 cm³/mol. The van der Waals surface area contributed by atoms with E-state index in [4.69, 9.17) is 13.9 Å². The minimum atomic E-state index is -0.769. The number of hydrogen-bond donors (Lipinski definition) is 0. The molecule has 2 aromatic heterocycles. The first-order valence-electron chi connectivity index (χ1n) is 10.9. The Morgan fingerprint density at radius 2 is 1.97 bits per heavy atom. The number of halogens is 1. The molecule has 1 aliphatic heterocycles. The van der Waals surface area contributed by atoms with Gasteiger partial charge in [0.1, 0.15) is 18.0 Å². The van der Waals surface area contributed by atoms with Crippen LogP contribution in [0.3, 0.4) is 0 Å². The third-order valence-corrected chi connectivity index (χ3v) is 6.33. The van der Waals surface area contributed by atoms with Crippen LogP contribution in [-0.2, 0) is 0 Å². The minimum Gasteiger partial charge on any atom is -0.493 e. The predicted octanol–water partition coefficient (Wildman–Crippen LogP) is 5.58. The van der Waals surface area contributed by atoms with Crippen LogP contribution in [-0.4, -0.2) is 24.6 Å². The van der Waals surface area contributed by atoms with E-state index in [2.05, 4.69) is 27.5 Å². The van der Waals surface area contributed by atoms with Crippen molar-refractivity contribution in [1.29, 1.82) is 0 Å². The van der Waals surface area contributed by atoms with Crippen LogP contribution >= 0.6 is 15.9 Å². The molecule has 2 aromatic carbocycles. The van der Waals surface area contributed by atoms with Crippen LogP contribution < -0.4 is 19.8 Å². The van der Waals surface area contributed by atoms with Crippen molar-refractivity contribution in [2.45, 2.75) is 13.0 Å². The highest BCUT2D eigenvalue weighted by Crippen LogP contribution is 2.42. The number of aromatic nitrogens is 1. The molecule has 0 bridgehead atoms. The van der Waals surface area contributed by atoms with Crippen molar-refractivity contribution in [2.24, 2.45) is 0 Å². The molecule has 0 radical (unpaired) electrons. The van der Waals surface area contributed by atoms with Crippen LogP contribution in [0.2, 0.25) is 0 Å². The van der Waals surface area contributed by atoms with Crippen molar-refractivity contribution in [1.82, 2.24) is 4.98 Å². The summed E-state index contributed by atoms with van der Waals surface area (Å²) in [6.45, 7) is 5.89. The monoisotopic (exact) mass is 532 g/mol. The lowest BCUT2D eigenvalue weighted by Crippen LogP contribution is -2.30. The maximum atomic E-state index is 13.7. The van der Waals surface area contributed by atoms with E-state index in [-0.39, 0.29) is 16.8 Å². The van der Waals surface area contributed by atoms with E-state index in [1.54, 1.807) is 54.7 Å². The number of rotatable bonds is 6. The summed E-state index contributed by atoms with van der Waals surface area (Å²) in [5, 5.41) is 0.382. The number of amides is 1. The van der Waals surface area contributed by atoms with Crippen LogP contribution in [0, 0.1) is 6.92 Å². The average molecular weight is 533 g/mol. The number of carbonyl (C=O) groups excluding carboxylic acids is 1. The van der Waals surface area contributed by atoms with Crippen LogP contribution in [0.5, 0.6) is 11.5 Å². The van der Waals surface area contributed by atoms with E-state index in [0.717, 1.165) is 10.0 Å². The lowest BCUT2D eigenvalue weighted by molar-refractivity contribution is 0.0970. The summed E-state index contributed by atoms with van der Waals surface area (Å²) in [5.41, 5.74) is 1.92. The summed E-state index contributed by atoms with van der Waals surface area (Å²) < 4.78 is 18.0. The second-order valence-corrected chi connectivity index (χ2v) is 9.01. The fraction of sp³-hybridized carbons (Fsp3) is 0.148. The standard InChI is InChI=1S/C27H21BrN2O5/c1-4-11-34-20-8-6-16(12-21(20)33-3)24-23-25(31)18-13-17(28)7-9-19(18)35-26(23)27(32)30(24)22-10-5-15(2)14-29-22/h4-10,12-14,24H,1,11H2,2-3H3. The smallest absolute Gasteiger partial charge is 0.296 e. The molecule has 0 N–H and O–H groups in total. The zero-order valence-electron chi connectivity index (χ0n) is 19.1. The summed E-state index contributed by atoms with van der Waals surface area (Å²) in [7, 11) is 1.53. The van der Waals surface area contributed by atoms with Gasteiger partial charge in [0.15, 0.2) is 16.9 Å². The van der Waals surface area contributed by atoms with Crippen molar-refractivity contribution < 1.29 is 18.7 Å². The summed E-state index contributed by atoms with van der Waals surface area (Å²) >= 11 is 3.42. The zero-order chi connectivity index (χ0) is 24.7. The van der Waals surface area contributed by atoms with Gasteiger partial charge >= 0.3 is 0 Å². The third-order valence-electron chi connectivity index (χ3n) is 5.83. The Morgan fingerprint density at radius 1 is 1.14 bits per heavy atom. The van der Waals surface area contributed by atoms with Crippen molar-refractivity contribution >= 4 is 38.6 Å². The van der Waals surface area contributed by atoms with Crippen molar-refractivity contribution in [3.05, 3.63) is 105 Å². The van der Waals surface area contributed by atoms with Crippen LogP contribution in [0.1, 0.15) is 33.3 Å². The van der Waals surface area contributed by atoms with Gasteiger partial charge < -0.3 is 13.9 Å². The molecule has 0 aliphatic carbocycles. The van der Waals surface area contributed by atoms with Gasteiger partial charge in [0.2, 0.25) is 5.76 Å². The molecule has 176 valence electrons. The second-order valence-electron chi connectivity index (χ2n) is 8.10. The molecule has 0 saturated carbocycles. The van der Waals surface area contributed by atoms with E-state index in [1.807, 2.05) is 13.0 Å². The Kier molecular flexibility index (Phi) is 5.90. The fourth-order valence-corrected chi connectivity index (χ4v) is 4.58. The van der Waals surface area contributed by atoms with Gasteiger partial charge in [-0.15, -0.1) is 0 Å². The SMILES string of the molecule is C=CCOc1ccc(C2c3c(oc4ccc(Br)cc4c3=O)C(=O)N2c2ccc(C)cn2)cc1OC. The van der Waals surface area contributed by atoms with Gasteiger partial charge in [-0.2, -0.15) is 0 Å². The lowest BCUT2D eigenvalue weighted by atomic mass is 9.98. The van der Waals surface area contributed by atoms with E-state index in [0.29, 0.717) is 40.5 Å². The van der Waals surface area contributed by atoms with Crippen LogP contribution in [0.4, 0.5) is 5.82 Å². The van der Waals surface area contributed by atoms with Gasteiger partial charge in [-0.1, -0.05) is 40.7 Å².